The van der Waals surface area contributed by atoms with Gasteiger partial charge in [-0.05, 0) is 12.8 Å². The molecule has 0 aliphatic carbocycles. The van der Waals surface area contributed by atoms with E-state index in [9.17, 15) is 4.79 Å². The Morgan fingerprint density at radius 3 is 2.80 bits per heavy atom. The van der Waals surface area contributed by atoms with Crippen LogP contribution in [0.25, 0.3) is 0 Å². The summed E-state index contributed by atoms with van der Waals surface area (Å²) in [7, 11) is 1.77. The first-order valence-corrected chi connectivity index (χ1v) is 6.25. The van der Waals surface area contributed by atoms with Gasteiger partial charge in [-0.2, -0.15) is 0 Å². The number of carbonyl (C=O) groups is 1. The molecule has 5 heteroatoms. The number of ether oxygens (including phenoxy) is 1. The third-order valence-electron chi connectivity index (χ3n) is 2.86. The molecule has 0 spiro atoms. The van der Waals surface area contributed by atoms with Crippen LogP contribution in [-0.2, 0) is 9.53 Å². The number of amidine groups is 1. The standard InChI is InChI=1S/C10H16N2O2S/c1-14-9-2-4-12(5-3-9)10-11-8(6-13)7-15-10/h6,8-9H,2-5,7H2,1H3. The second-order valence-corrected chi connectivity index (χ2v) is 4.84. The number of rotatable bonds is 2. The quantitative estimate of drug-likeness (QED) is 0.655. The maximum absolute atomic E-state index is 10.6. The van der Waals surface area contributed by atoms with Gasteiger partial charge in [0.25, 0.3) is 0 Å². The number of hydrogen-bond donors (Lipinski definition) is 0. The molecule has 2 aliphatic rings. The highest BCUT2D eigenvalue weighted by Crippen LogP contribution is 2.23. The Labute approximate surface area is 94.1 Å². The SMILES string of the molecule is COC1CCN(C2=NC(C=O)CS2)CC1. The first-order valence-electron chi connectivity index (χ1n) is 5.27. The Morgan fingerprint density at radius 2 is 2.27 bits per heavy atom. The zero-order valence-electron chi connectivity index (χ0n) is 8.89. The van der Waals surface area contributed by atoms with Crippen molar-refractivity contribution in [1.82, 2.24) is 4.90 Å². The van der Waals surface area contributed by atoms with Crippen LogP contribution in [0, 0.1) is 0 Å². The van der Waals surface area contributed by atoms with Crippen molar-refractivity contribution in [1.29, 1.82) is 0 Å². The lowest BCUT2D eigenvalue weighted by molar-refractivity contribution is -0.108. The molecule has 1 unspecified atom stereocenters. The third kappa shape index (κ3) is 2.52. The molecular formula is C10H16N2O2S. The van der Waals surface area contributed by atoms with E-state index in [1.54, 1.807) is 18.9 Å². The van der Waals surface area contributed by atoms with E-state index in [2.05, 4.69) is 9.89 Å². The van der Waals surface area contributed by atoms with E-state index < -0.39 is 0 Å². The average molecular weight is 228 g/mol. The number of piperidine rings is 1. The summed E-state index contributed by atoms with van der Waals surface area (Å²) >= 11 is 1.69. The van der Waals surface area contributed by atoms with Crippen molar-refractivity contribution in [2.24, 2.45) is 4.99 Å². The van der Waals surface area contributed by atoms with Gasteiger partial charge in [0, 0.05) is 26.0 Å². The molecule has 84 valence electrons. The van der Waals surface area contributed by atoms with Crippen LogP contribution < -0.4 is 0 Å². The molecular weight excluding hydrogens is 212 g/mol. The Kier molecular flexibility index (Phi) is 3.64. The largest absolute Gasteiger partial charge is 0.381 e. The fourth-order valence-corrected chi connectivity index (χ4v) is 2.95. The van der Waals surface area contributed by atoms with Gasteiger partial charge in [-0.25, -0.2) is 0 Å². The summed E-state index contributed by atoms with van der Waals surface area (Å²) in [4.78, 5) is 17.2. The third-order valence-corrected chi connectivity index (χ3v) is 3.99. The van der Waals surface area contributed by atoms with E-state index in [1.165, 1.54) is 0 Å². The molecule has 15 heavy (non-hydrogen) atoms. The molecule has 2 rings (SSSR count). The van der Waals surface area contributed by atoms with E-state index in [4.69, 9.17) is 4.74 Å². The fraction of sp³-hybridized carbons (Fsp3) is 0.800. The van der Waals surface area contributed by atoms with E-state index in [-0.39, 0.29) is 6.04 Å². The topological polar surface area (TPSA) is 41.9 Å². The predicted molar refractivity (Wildman–Crippen MR) is 61.3 cm³/mol. The van der Waals surface area contributed by atoms with Gasteiger partial charge < -0.3 is 14.4 Å². The maximum atomic E-state index is 10.6. The Bertz CT molecular complexity index is 262. The van der Waals surface area contributed by atoms with Crippen LogP contribution in [0.3, 0.4) is 0 Å². The highest BCUT2D eigenvalue weighted by molar-refractivity contribution is 8.14. The Balaban J connectivity index is 1.88. The van der Waals surface area contributed by atoms with Crippen LogP contribution in [0.5, 0.6) is 0 Å². The number of nitrogens with zero attached hydrogens (tertiary/aromatic N) is 2. The lowest BCUT2D eigenvalue weighted by Gasteiger charge is -2.32. The van der Waals surface area contributed by atoms with Crippen LogP contribution in [0.15, 0.2) is 4.99 Å². The Hall–Kier alpha value is -0.550. The van der Waals surface area contributed by atoms with E-state index >= 15 is 0 Å². The number of aldehydes is 1. The van der Waals surface area contributed by atoms with Crippen LogP contribution in [0.1, 0.15) is 12.8 Å². The van der Waals surface area contributed by atoms with Gasteiger partial charge in [0.1, 0.15) is 12.3 Å². The number of methoxy groups -OCH3 is 1. The molecule has 4 nitrogen and oxygen atoms in total. The predicted octanol–water partition coefficient (Wildman–Crippen LogP) is 0.767. The fourth-order valence-electron chi connectivity index (χ4n) is 1.90. The van der Waals surface area contributed by atoms with Crippen molar-refractivity contribution >= 4 is 23.2 Å². The molecule has 0 radical (unpaired) electrons. The van der Waals surface area contributed by atoms with Crippen LogP contribution in [-0.4, -0.2) is 54.5 Å². The summed E-state index contributed by atoms with van der Waals surface area (Å²) in [5, 5.41) is 1.04. The van der Waals surface area contributed by atoms with Gasteiger partial charge >= 0.3 is 0 Å². The minimum Gasteiger partial charge on any atom is -0.381 e. The molecule has 1 saturated heterocycles. The summed E-state index contributed by atoms with van der Waals surface area (Å²) in [6, 6.07) is -0.120. The highest BCUT2D eigenvalue weighted by Gasteiger charge is 2.26. The smallest absolute Gasteiger partial charge is 0.160 e. The van der Waals surface area contributed by atoms with Gasteiger partial charge in [-0.3, -0.25) is 4.99 Å². The van der Waals surface area contributed by atoms with E-state index in [1.807, 2.05) is 0 Å². The molecule has 1 atom stereocenters. The summed E-state index contributed by atoms with van der Waals surface area (Å²) in [5.74, 6) is 0.809. The Morgan fingerprint density at radius 1 is 1.53 bits per heavy atom. The zero-order valence-corrected chi connectivity index (χ0v) is 9.70. The molecule has 0 aromatic heterocycles. The van der Waals surface area contributed by atoms with Gasteiger partial charge in [0.2, 0.25) is 0 Å². The second kappa shape index (κ2) is 4.99. The van der Waals surface area contributed by atoms with Crippen molar-refractivity contribution in [2.45, 2.75) is 25.0 Å². The molecule has 0 N–H and O–H groups in total. The van der Waals surface area contributed by atoms with Gasteiger partial charge in [-0.15, -0.1) is 0 Å². The molecule has 0 bridgehead atoms. The number of hydrogen-bond acceptors (Lipinski definition) is 5. The first-order chi connectivity index (χ1) is 7.33. The molecule has 1 fully saturated rings. The monoisotopic (exact) mass is 228 g/mol. The summed E-state index contributed by atoms with van der Waals surface area (Å²) < 4.78 is 5.31. The van der Waals surface area contributed by atoms with Gasteiger partial charge in [0.15, 0.2) is 5.17 Å². The molecule has 2 aliphatic heterocycles. The van der Waals surface area contributed by atoms with Crippen LogP contribution >= 0.6 is 11.8 Å². The number of thioether (sulfide) groups is 1. The van der Waals surface area contributed by atoms with Crippen LogP contribution in [0.2, 0.25) is 0 Å². The second-order valence-electron chi connectivity index (χ2n) is 3.85. The summed E-state index contributed by atoms with van der Waals surface area (Å²) in [6.07, 6.45) is 3.45. The summed E-state index contributed by atoms with van der Waals surface area (Å²) in [6.45, 7) is 1.99. The normalized spacial score (nSPS) is 27.9. The number of carbonyl (C=O) groups excluding carboxylic acids is 1. The minimum absolute atomic E-state index is 0.120. The molecule has 2 heterocycles. The number of aliphatic imine (C=N–C) groups is 1. The lowest BCUT2D eigenvalue weighted by Crippen LogP contribution is -2.39. The molecule has 0 aromatic rings. The molecule has 0 amide bonds. The minimum atomic E-state index is -0.120. The van der Waals surface area contributed by atoms with Crippen molar-refractivity contribution in [3.05, 3.63) is 0 Å². The van der Waals surface area contributed by atoms with E-state index in [0.717, 1.165) is 43.1 Å². The summed E-state index contributed by atoms with van der Waals surface area (Å²) in [5.41, 5.74) is 0. The molecule has 0 aromatic carbocycles. The van der Waals surface area contributed by atoms with E-state index in [0.29, 0.717) is 6.10 Å². The van der Waals surface area contributed by atoms with Gasteiger partial charge in [-0.1, -0.05) is 11.8 Å². The lowest BCUT2D eigenvalue weighted by atomic mass is 10.1. The zero-order chi connectivity index (χ0) is 10.7. The van der Waals surface area contributed by atoms with Crippen LogP contribution in [0.4, 0.5) is 0 Å². The first kappa shape index (κ1) is 11.0. The van der Waals surface area contributed by atoms with Crippen molar-refractivity contribution in [3.63, 3.8) is 0 Å². The maximum Gasteiger partial charge on any atom is 0.160 e. The number of likely N-dealkylation sites (tertiary alicyclic amines) is 1. The van der Waals surface area contributed by atoms with Crippen molar-refractivity contribution < 1.29 is 9.53 Å². The van der Waals surface area contributed by atoms with Crippen molar-refractivity contribution in [2.75, 3.05) is 26.0 Å². The average Bonchev–Trinajstić information content (AvgIpc) is 2.78. The van der Waals surface area contributed by atoms with Crippen molar-refractivity contribution in [3.8, 4) is 0 Å². The van der Waals surface area contributed by atoms with Gasteiger partial charge in [0.05, 0.1) is 6.10 Å². The highest BCUT2D eigenvalue weighted by atomic mass is 32.2. The molecule has 0 saturated carbocycles.